The van der Waals surface area contributed by atoms with Crippen molar-refractivity contribution in [1.29, 1.82) is 0 Å². The van der Waals surface area contributed by atoms with Gasteiger partial charge in [-0.05, 0) is 18.6 Å². The molecule has 0 bridgehead atoms. The number of thiophene rings is 1. The molecule has 3 aromatic rings. The first-order valence-corrected chi connectivity index (χ1v) is 7.70. The summed E-state index contributed by atoms with van der Waals surface area (Å²) in [6.07, 6.45) is 1.41. The third-order valence-corrected chi connectivity index (χ3v) is 4.73. The van der Waals surface area contributed by atoms with Gasteiger partial charge in [-0.25, -0.2) is 4.98 Å². The van der Waals surface area contributed by atoms with E-state index in [0.717, 1.165) is 11.3 Å². The molecule has 24 heavy (non-hydrogen) atoms. The van der Waals surface area contributed by atoms with Crippen LogP contribution in [0.25, 0.3) is 10.2 Å². The normalized spacial score (nSPS) is 10.8. The maximum Gasteiger partial charge on any atom is 0.271 e. The number of hydrogen-bond donors (Lipinski definition) is 1. The molecule has 1 aromatic carbocycles. The van der Waals surface area contributed by atoms with Crippen LogP contribution in [-0.4, -0.2) is 20.4 Å². The largest absolute Gasteiger partial charge is 0.321 e. The zero-order valence-corrected chi connectivity index (χ0v) is 13.6. The third-order valence-electron chi connectivity index (χ3n) is 3.53. The third kappa shape index (κ3) is 2.65. The Kier molecular flexibility index (Phi) is 3.86. The Morgan fingerprint density at radius 1 is 1.42 bits per heavy atom. The molecule has 0 radical (unpaired) electrons. The Morgan fingerprint density at radius 2 is 2.17 bits per heavy atom. The lowest BCUT2D eigenvalue weighted by Crippen LogP contribution is -2.17. The molecule has 0 aliphatic heterocycles. The molecule has 0 atom stereocenters. The predicted octanol–water partition coefficient (Wildman–Crippen LogP) is 2.46. The highest BCUT2D eigenvalue weighted by molar-refractivity contribution is 7.20. The number of rotatable bonds is 3. The molecule has 122 valence electrons. The molecule has 9 heteroatoms. The van der Waals surface area contributed by atoms with Gasteiger partial charge in [0.25, 0.3) is 17.2 Å². The van der Waals surface area contributed by atoms with E-state index in [2.05, 4.69) is 10.3 Å². The van der Waals surface area contributed by atoms with E-state index in [9.17, 15) is 19.7 Å². The van der Waals surface area contributed by atoms with E-state index in [-0.39, 0.29) is 11.2 Å². The SMILES string of the molecule is Cc1c(C(=O)Nc2cccc([N+](=O)[O-])c2)sc2ncn(C)c(=O)c12. The Labute approximate surface area is 139 Å². The highest BCUT2D eigenvalue weighted by atomic mass is 32.1. The second kappa shape index (κ2) is 5.85. The lowest BCUT2D eigenvalue weighted by atomic mass is 10.2. The molecule has 3 rings (SSSR count). The fourth-order valence-electron chi connectivity index (χ4n) is 2.31. The highest BCUT2D eigenvalue weighted by Gasteiger charge is 2.19. The number of non-ortho nitro benzene ring substituents is 1. The first-order valence-electron chi connectivity index (χ1n) is 6.89. The minimum Gasteiger partial charge on any atom is -0.321 e. The van der Waals surface area contributed by atoms with Crippen molar-refractivity contribution in [2.45, 2.75) is 6.92 Å². The second-order valence-electron chi connectivity index (χ2n) is 5.16. The van der Waals surface area contributed by atoms with Crippen LogP contribution in [0.15, 0.2) is 35.4 Å². The average Bonchev–Trinajstić information content (AvgIpc) is 2.89. The number of aryl methyl sites for hydroxylation is 2. The quantitative estimate of drug-likeness (QED) is 0.580. The maximum absolute atomic E-state index is 12.5. The Bertz CT molecular complexity index is 1040. The van der Waals surface area contributed by atoms with Crippen molar-refractivity contribution in [1.82, 2.24) is 9.55 Å². The Balaban J connectivity index is 1.99. The molecule has 0 aliphatic rings. The van der Waals surface area contributed by atoms with Gasteiger partial charge in [0.2, 0.25) is 0 Å². The number of carbonyl (C=O) groups excluding carboxylic acids is 1. The van der Waals surface area contributed by atoms with Gasteiger partial charge in [-0.2, -0.15) is 0 Å². The molecule has 0 aliphatic carbocycles. The van der Waals surface area contributed by atoms with Crippen molar-refractivity contribution in [3.63, 3.8) is 0 Å². The minimum absolute atomic E-state index is 0.114. The van der Waals surface area contributed by atoms with Crippen LogP contribution in [0.2, 0.25) is 0 Å². The molecule has 0 saturated carbocycles. The van der Waals surface area contributed by atoms with Crippen LogP contribution in [0, 0.1) is 17.0 Å². The minimum atomic E-state index is -0.534. The molecule has 2 heterocycles. The maximum atomic E-state index is 12.5. The molecule has 8 nitrogen and oxygen atoms in total. The molecular weight excluding hydrogens is 332 g/mol. The summed E-state index contributed by atoms with van der Waals surface area (Å²) in [6.45, 7) is 1.68. The van der Waals surface area contributed by atoms with Crippen molar-refractivity contribution in [2.75, 3.05) is 5.32 Å². The molecule has 0 spiro atoms. The van der Waals surface area contributed by atoms with Crippen molar-refractivity contribution in [3.8, 4) is 0 Å². The van der Waals surface area contributed by atoms with E-state index in [1.54, 1.807) is 20.0 Å². The highest BCUT2D eigenvalue weighted by Crippen LogP contribution is 2.28. The fourth-order valence-corrected chi connectivity index (χ4v) is 3.35. The van der Waals surface area contributed by atoms with E-state index in [1.807, 2.05) is 0 Å². The number of anilines is 1. The van der Waals surface area contributed by atoms with Crippen molar-refractivity contribution in [2.24, 2.45) is 7.05 Å². The zero-order chi connectivity index (χ0) is 17.4. The number of nitrogens with one attached hydrogen (secondary N) is 1. The van der Waals surface area contributed by atoms with E-state index >= 15 is 0 Å². The van der Waals surface area contributed by atoms with E-state index < -0.39 is 10.8 Å². The number of benzene rings is 1. The summed E-state index contributed by atoms with van der Waals surface area (Å²) in [6, 6.07) is 5.67. The smallest absolute Gasteiger partial charge is 0.271 e. The van der Waals surface area contributed by atoms with E-state index in [1.165, 1.54) is 29.1 Å². The topological polar surface area (TPSA) is 107 Å². The van der Waals surface area contributed by atoms with Gasteiger partial charge in [-0.1, -0.05) is 6.07 Å². The standard InChI is InChI=1S/C15H12N4O4S/c1-8-11-14(16-7-18(2)15(11)21)24-12(8)13(20)17-9-4-3-5-10(6-9)19(22)23/h3-7H,1-2H3,(H,17,20). The van der Waals surface area contributed by atoms with E-state index in [0.29, 0.717) is 26.3 Å². The monoisotopic (exact) mass is 344 g/mol. The second-order valence-corrected chi connectivity index (χ2v) is 6.16. The number of aromatic nitrogens is 2. The van der Waals surface area contributed by atoms with Crippen LogP contribution in [0.4, 0.5) is 11.4 Å². The van der Waals surface area contributed by atoms with Crippen LogP contribution in [0.1, 0.15) is 15.2 Å². The summed E-state index contributed by atoms with van der Waals surface area (Å²) in [5.41, 5.74) is 0.526. The number of carbonyl (C=O) groups is 1. The van der Waals surface area contributed by atoms with Gasteiger partial charge in [0.05, 0.1) is 21.5 Å². The number of fused-ring (bicyclic) bond motifs is 1. The van der Waals surface area contributed by atoms with Crippen LogP contribution in [-0.2, 0) is 7.05 Å². The molecule has 0 unspecified atom stereocenters. The summed E-state index contributed by atoms with van der Waals surface area (Å²) < 4.78 is 1.35. The Hall–Kier alpha value is -3.07. The van der Waals surface area contributed by atoms with Crippen LogP contribution < -0.4 is 10.9 Å². The molecule has 1 amide bonds. The van der Waals surface area contributed by atoms with Gasteiger partial charge < -0.3 is 9.88 Å². The summed E-state index contributed by atoms with van der Waals surface area (Å²) in [7, 11) is 1.59. The van der Waals surface area contributed by atoms with Gasteiger partial charge in [0.15, 0.2) is 0 Å². The van der Waals surface area contributed by atoms with Gasteiger partial charge >= 0.3 is 0 Å². The first-order chi connectivity index (χ1) is 11.4. The van der Waals surface area contributed by atoms with Gasteiger partial charge in [0, 0.05) is 24.9 Å². The molecule has 1 N–H and O–H groups in total. The van der Waals surface area contributed by atoms with Gasteiger partial charge in [-0.15, -0.1) is 11.3 Å². The van der Waals surface area contributed by atoms with Crippen molar-refractivity contribution < 1.29 is 9.72 Å². The van der Waals surface area contributed by atoms with Crippen LogP contribution >= 0.6 is 11.3 Å². The molecule has 0 saturated heterocycles. The number of hydrogen-bond acceptors (Lipinski definition) is 6. The Morgan fingerprint density at radius 3 is 2.88 bits per heavy atom. The molecular formula is C15H12N4O4S. The van der Waals surface area contributed by atoms with Crippen molar-refractivity contribution in [3.05, 3.63) is 61.5 Å². The van der Waals surface area contributed by atoms with Crippen LogP contribution in [0.3, 0.4) is 0 Å². The molecule has 2 aromatic heterocycles. The summed E-state index contributed by atoms with van der Waals surface area (Å²) >= 11 is 1.11. The number of nitro benzene ring substituents is 1. The summed E-state index contributed by atoms with van der Waals surface area (Å²) in [4.78, 5) is 39.9. The predicted molar refractivity (Wildman–Crippen MR) is 90.6 cm³/mol. The lowest BCUT2D eigenvalue weighted by Gasteiger charge is -2.04. The van der Waals surface area contributed by atoms with Crippen molar-refractivity contribution >= 4 is 38.8 Å². The van der Waals surface area contributed by atoms with E-state index in [4.69, 9.17) is 0 Å². The first kappa shape index (κ1) is 15.8. The number of nitrogens with zero attached hydrogens (tertiary/aromatic N) is 3. The summed E-state index contributed by atoms with van der Waals surface area (Å²) in [5.74, 6) is -0.432. The zero-order valence-electron chi connectivity index (χ0n) is 12.8. The fraction of sp³-hybridized carbons (Fsp3) is 0.133. The number of nitro groups is 1. The molecule has 0 fully saturated rings. The average molecular weight is 344 g/mol. The summed E-state index contributed by atoms with van der Waals surface area (Å²) in [5, 5.41) is 13.8. The van der Waals surface area contributed by atoms with Crippen LogP contribution in [0.5, 0.6) is 0 Å². The van der Waals surface area contributed by atoms with Gasteiger partial charge in [0.1, 0.15) is 4.83 Å². The lowest BCUT2D eigenvalue weighted by molar-refractivity contribution is -0.384. The van der Waals surface area contributed by atoms with Gasteiger partial charge in [-0.3, -0.25) is 19.7 Å². The number of amides is 1.